The molecule has 2 rings (SSSR count). The van der Waals surface area contributed by atoms with E-state index in [1.54, 1.807) is 7.11 Å². The van der Waals surface area contributed by atoms with Crippen LogP contribution in [0, 0.1) is 0 Å². The number of benzene rings is 1. The van der Waals surface area contributed by atoms with E-state index in [0.29, 0.717) is 0 Å². The molecule has 1 saturated heterocycles. The normalized spacial score (nSPS) is 23.6. The van der Waals surface area contributed by atoms with Crippen LogP contribution in [0.15, 0.2) is 18.2 Å². The lowest BCUT2D eigenvalue weighted by Crippen LogP contribution is -2.33. The first-order valence-corrected chi connectivity index (χ1v) is 6.62. The van der Waals surface area contributed by atoms with E-state index in [1.807, 2.05) is 0 Å². The average molecular weight is 248 g/mol. The molecule has 0 aromatic heterocycles. The molecule has 0 amide bonds. The molecule has 0 radical (unpaired) electrons. The molecular weight excluding hydrogens is 224 g/mol. The van der Waals surface area contributed by atoms with Gasteiger partial charge in [0.2, 0.25) is 0 Å². The van der Waals surface area contributed by atoms with Gasteiger partial charge in [0, 0.05) is 17.6 Å². The van der Waals surface area contributed by atoms with Gasteiger partial charge in [0.05, 0.1) is 7.11 Å². The van der Waals surface area contributed by atoms with E-state index in [-0.39, 0.29) is 5.54 Å². The van der Waals surface area contributed by atoms with E-state index in [9.17, 15) is 0 Å². The number of hydrogen-bond donors (Lipinski definition) is 1. The second-order valence-electron chi connectivity index (χ2n) is 5.63. The summed E-state index contributed by atoms with van der Waals surface area (Å²) in [7, 11) is 5.95. The van der Waals surface area contributed by atoms with E-state index in [1.165, 1.54) is 24.0 Å². The largest absolute Gasteiger partial charge is 0.496 e. The van der Waals surface area contributed by atoms with Crippen LogP contribution in [0.25, 0.3) is 0 Å². The molecule has 3 nitrogen and oxygen atoms in total. The molecule has 0 bridgehead atoms. The fourth-order valence-electron chi connectivity index (χ4n) is 2.77. The van der Waals surface area contributed by atoms with E-state index < -0.39 is 0 Å². The Balaban J connectivity index is 2.36. The van der Waals surface area contributed by atoms with Crippen molar-refractivity contribution in [2.75, 3.05) is 27.7 Å². The van der Waals surface area contributed by atoms with Gasteiger partial charge in [-0.15, -0.1) is 0 Å². The molecule has 100 valence electrons. The summed E-state index contributed by atoms with van der Waals surface area (Å²) in [6.45, 7) is 4.34. The Hall–Kier alpha value is -1.06. The zero-order chi connectivity index (χ0) is 13.2. The van der Waals surface area contributed by atoms with Gasteiger partial charge in [0.15, 0.2) is 0 Å². The SMILES string of the molecule is COc1ccc(CN(C)C)cc1C1(C)CCCN1. The van der Waals surface area contributed by atoms with Crippen LogP contribution in [0.1, 0.15) is 30.9 Å². The Kier molecular flexibility index (Phi) is 3.93. The summed E-state index contributed by atoms with van der Waals surface area (Å²) >= 11 is 0. The van der Waals surface area contributed by atoms with Crippen molar-refractivity contribution in [2.24, 2.45) is 0 Å². The van der Waals surface area contributed by atoms with Gasteiger partial charge in [-0.3, -0.25) is 0 Å². The molecule has 1 aliphatic heterocycles. The molecular formula is C15H24N2O. The Bertz CT molecular complexity index is 409. The lowest BCUT2D eigenvalue weighted by Gasteiger charge is -2.28. The predicted octanol–water partition coefficient (Wildman–Crippen LogP) is 2.36. The molecule has 3 heteroatoms. The van der Waals surface area contributed by atoms with Crippen LogP contribution in [0.5, 0.6) is 5.75 Å². The van der Waals surface area contributed by atoms with Gasteiger partial charge in [-0.25, -0.2) is 0 Å². The highest BCUT2D eigenvalue weighted by Gasteiger charge is 2.32. The van der Waals surface area contributed by atoms with Crippen LogP contribution in [-0.2, 0) is 12.1 Å². The Morgan fingerprint density at radius 2 is 2.17 bits per heavy atom. The van der Waals surface area contributed by atoms with Crippen molar-refractivity contribution >= 4 is 0 Å². The molecule has 1 aromatic carbocycles. The first kappa shape index (κ1) is 13.4. The fraction of sp³-hybridized carbons (Fsp3) is 0.600. The summed E-state index contributed by atoms with van der Waals surface area (Å²) < 4.78 is 5.53. The molecule has 1 aliphatic rings. The van der Waals surface area contributed by atoms with Crippen molar-refractivity contribution in [3.63, 3.8) is 0 Å². The topological polar surface area (TPSA) is 24.5 Å². The molecule has 1 fully saturated rings. The van der Waals surface area contributed by atoms with Crippen LogP contribution >= 0.6 is 0 Å². The lowest BCUT2D eigenvalue weighted by atomic mass is 9.88. The summed E-state index contributed by atoms with van der Waals surface area (Å²) in [5.74, 6) is 0.995. The number of hydrogen-bond acceptors (Lipinski definition) is 3. The van der Waals surface area contributed by atoms with Gasteiger partial charge in [-0.1, -0.05) is 6.07 Å². The highest BCUT2D eigenvalue weighted by atomic mass is 16.5. The summed E-state index contributed by atoms with van der Waals surface area (Å²) in [4.78, 5) is 2.19. The Morgan fingerprint density at radius 3 is 2.72 bits per heavy atom. The minimum Gasteiger partial charge on any atom is -0.496 e. The second-order valence-corrected chi connectivity index (χ2v) is 5.63. The zero-order valence-corrected chi connectivity index (χ0v) is 11.9. The maximum atomic E-state index is 5.53. The van der Waals surface area contributed by atoms with Gasteiger partial charge < -0.3 is 15.0 Å². The fourth-order valence-corrected chi connectivity index (χ4v) is 2.77. The quantitative estimate of drug-likeness (QED) is 0.885. The Labute approximate surface area is 110 Å². The number of ether oxygens (including phenoxy) is 1. The van der Waals surface area contributed by atoms with Crippen LogP contribution in [0.4, 0.5) is 0 Å². The van der Waals surface area contributed by atoms with E-state index in [0.717, 1.165) is 18.8 Å². The molecule has 1 unspecified atom stereocenters. The summed E-state index contributed by atoms with van der Waals surface area (Å²) in [5.41, 5.74) is 2.70. The van der Waals surface area contributed by atoms with E-state index in [2.05, 4.69) is 49.4 Å². The Morgan fingerprint density at radius 1 is 1.39 bits per heavy atom. The van der Waals surface area contributed by atoms with Gasteiger partial charge >= 0.3 is 0 Å². The first-order valence-electron chi connectivity index (χ1n) is 6.62. The minimum atomic E-state index is 0.0632. The smallest absolute Gasteiger partial charge is 0.123 e. The molecule has 18 heavy (non-hydrogen) atoms. The predicted molar refractivity (Wildman–Crippen MR) is 75.0 cm³/mol. The molecule has 0 aliphatic carbocycles. The van der Waals surface area contributed by atoms with Crippen molar-refractivity contribution in [1.82, 2.24) is 10.2 Å². The summed E-state index contributed by atoms with van der Waals surface area (Å²) in [5, 5.41) is 3.61. The van der Waals surface area contributed by atoms with Crippen LogP contribution < -0.4 is 10.1 Å². The minimum absolute atomic E-state index is 0.0632. The lowest BCUT2D eigenvalue weighted by molar-refractivity contribution is 0.367. The first-order chi connectivity index (χ1) is 8.55. The number of rotatable bonds is 4. The average Bonchev–Trinajstić information content (AvgIpc) is 2.76. The maximum Gasteiger partial charge on any atom is 0.123 e. The monoisotopic (exact) mass is 248 g/mol. The molecule has 1 heterocycles. The van der Waals surface area contributed by atoms with Crippen LogP contribution in [-0.4, -0.2) is 32.6 Å². The summed E-state index contributed by atoms with van der Waals surface area (Å²) in [6, 6.07) is 6.54. The standard InChI is InChI=1S/C15H24N2O/c1-15(8-5-9-16-15)13-10-12(11-17(2)3)6-7-14(13)18-4/h6-7,10,16H,5,8-9,11H2,1-4H3. The van der Waals surface area contributed by atoms with Crippen molar-refractivity contribution in [3.05, 3.63) is 29.3 Å². The van der Waals surface area contributed by atoms with Crippen LogP contribution in [0.2, 0.25) is 0 Å². The van der Waals surface area contributed by atoms with E-state index >= 15 is 0 Å². The van der Waals surface area contributed by atoms with Crippen molar-refractivity contribution in [2.45, 2.75) is 31.8 Å². The third kappa shape index (κ3) is 2.68. The molecule has 1 N–H and O–H groups in total. The maximum absolute atomic E-state index is 5.53. The van der Waals surface area contributed by atoms with Crippen LogP contribution in [0.3, 0.4) is 0 Å². The summed E-state index contributed by atoms with van der Waals surface area (Å²) in [6.07, 6.45) is 2.41. The molecule has 0 spiro atoms. The van der Waals surface area contributed by atoms with Gasteiger partial charge in [-0.2, -0.15) is 0 Å². The zero-order valence-electron chi connectivity index (χ0n) is 11.9. The highest BCUT2D eigenvalue weighted by Crippen LogP contribution is 2.36. The third-order valence-electron chi connectivity index (χ3n) is 3.73. The van der Waals surface area contributed by atoms with E-state index in [4.69, 9.17) is 4.74 Å². The number of methoxy groups -OCH3 is 1. The van der Waals surface area contributed by atoms with Gasteiger partial charge in [0.25, 0.3) is 0 Å². The van der Waals surface area contributed by atoms with Gasteiger partial charge in [0.1, 0.15) is 5.75 Å². The third-order valence-corrected chi connectivity index (χ3v) is 3.73. The van der Waals surface area contributed by atoms with Crippen molar-refractivity contribution < 1.29 is 4.74 Å². The highest BCUT2D eigenvalue weighted by molar-refractivity contribution is 5.42. The van der Waals surface area contributed by atoms with Crippen molar-refractivity contribution in [3.8, 4) is 5.75 Å². The second kappa shape index (κ2) is 5.29. The molecule has 1 aromatic rings. The number of nitrogens with one attached hydrogen (secondary N) is 1. The molecule has 1 atom stereocenters. The number of nitrogens with zero attached hydrogens (tertiary/aromatic N) is 1. The van der Waals surface area contributed by atoms with Gasteiger partial charge in [-0.05, 0) is 58.1 Å². The van der Waals surface area contributed by atoms with Crippen molar-refractivity contribution in [1.29, 1.82) is 0 Å². The molecule has 0 saturated carbocycles.